The number of amides is 2. The molecule has 3 aromatic rings. The van der Waals surface area contributed by atoms with Crippen LogP contribution >= 0.6 is 0 Å². The number of para-hydroxylation sites is 1. The Hall–Kier alpha value is -3.86. The van der Waals surface area contributed by atoms with Crippen LogP contribution in [-0.2, 0) is 0 Å². The van der Waals surface area contributed by atoms with Crippen LogP contribution in [0.5, 0.6) is 5.75 Å². The largest absolute Gasteiger partial charge is 0.490 e. The van der Waals surface area contributed by atoms with Gasteiger partial charge in [0, 0.05) is 5.56 Å². The van der Waals surface area contributed by atoms with Crippen molar-refractivity contribution in [2.45, 2.75) is 13.0 Å². The molecule has 0 aliphatic heterocycles. The minimum absolute atomic E-state index is 0.162. The normalized spacial score (nSPS) is 11.2. The summed E-state index contributed by atoms with van der Waals surface area (Å²) in [4.78, 5) is 25.5. The third-order valence-electron chi connectivity index (χ3n) is 4.55. The molecule has 30 heavy (non-hydrogen) atoms. The Balaban J connectivity index is 1.70. The van der Waals surface area contributed by atoms with Gasteiger partial charge in [-0.25, -0.2) is 0 Å². The molecule has 2 N–H and O–H groups in total. The van der Waals surface area contributed by atoms with Crippen LogP contribution in [-0.4, -0.2) is 18.4 Å². The van der Waals surface area contributed by atoms with Crippen LogP contribution in [0.1, 0.15) is 39.2 Å². The number of hydrogen-bond acceptors (Lipinski definition) is 3. The van der Waals surface area contributed by atoms with Gasteiger partial charge in [-0.3, -0.25) is 9.59 Å². The van der Waals surface area contributed by atoms with Gasteiger partial charge in [-0.1, -0.05) is 55.1 Å². The number of benzene rings is 3. The van der Waals surface area contributed by atoms with Crippen molar-refractivity contribution in [2.24, 2.45) is 0 Å². The van der Waals surface area contributed by atoms with E-state index in [1.807, 2.05) is 37.3 Å². The van der Waals surface area contributed by atoms with Crippen LogP contribution in [0.25, 0.3) is 0 Å². The second-order valence-corrected chi connectivity index (χ2v) is 6.73. The van der Waals surface area contributed by atoms with Crippen LogP contribution < -0.4 is 15.4 Å². The third-order valence-corrected chi connectivity index (χ3v) is 4.55. The van der Waals surface area contributed by atoms with E-state index in [0.29, 0.717) is 29.2 Å². The van der Waals surface area contributed by atoms with Gasteiger partial charge >= 0.3 is 0 Å². The molecule has 1 atom stereocenters. The Morgan fingerprint density at radius 2 is 1.60 bits per heavy atom. The Morgan fingerprint density at radius 1 is 0.933 bits per heavy atom. The fourth-order valence-corrected chi connectivity index (χ4v) is 2.94. The highest BCUT2D eigenvalue weighted by Crippen LogP contribution is 2.20. The van der Waals surface area contributed by atoms with Gasteiger partial charge in [0.05, 0.1) is 17.3 Å². The Morgan fingerprint density at radius 3 is 2.30 bits per heavy atom. The molecule has 0 saturated heterocycles. The van der Waals surface area contributed by atoms with E-state index in [2.05, 4.69) is 17.2 Å². The van der Waals surface area contributed by atoms with Crippen molar-refractivity contribution in [1.82, 2.24) is 5.32 Å². The predicted octanol–water partition coefficient (Wildman–Crippen LogP) is 4.99. The molecule has 0 radical (unpaired) electrons. The number of carbonyl (C=O) groups is 2. The number of anilines is 1. The maximum absolute atomic E-state index is 12.8. The van der Waals surface area contributed by atoms with Gasteiger partial charge in [-0.05, 0) is 48.9 Å². The molecule has 0 bridgehead atoms. The van der Waals surface area contributed by atoms with Crippen LogP contribution in [0.15, 0.2) is 91.5 Å². The minimum Gasteiger partial charge on any atom is -0.490 e. The van der Waals surface area contributed by atoms with E-state index < -0.39 is 0 Å². The zero-order valence-corrected chi connectivity index (χ0v) is 16.8. The van der Waals surface area contributed by atoms with Gasteiger partial charge < -0.3 is 15.4 Å². The number of hydrogen-bond donors (Lipinski definition) is 2. The van der Waals surface area contributed by atoms with Crippen LogP contribution in [0.3, 0.4) is 0 Å². The van der Waals surface area contributed by atoms with Crippen molar-refractivity contribution in [3.63, 3.8) is 0 Å². The molecule has 0 saturated carbocycles. The molecule has 3 aromatic carbocycles. The summed E-state index contributed by atoms with van der Waals surface area (Å²) in [6, 6.07) is 23.3. The molecule has 2 amide bonds. The third kappa shape index (κ3) is 5.35. The van der Waals surface area contributed by atoms with E-state index in [-0.39, 0.29) is 17.9 Å². The second kappa shape index (κ2) is 10.1. The summed E-state index contributed by atoms with van der Waals surface area (Å²) < 4.78 is 5.43. The van der Waals surface area contributed by atoms with Crippen molar-refractivity contribution in [2.75, 3.05) is 11.9 Å². The van der Waals surface area contributed by atoms with E-state index in [4.69, 9.17) is 4.74 Å². The summed E-state index contributed by atoms with van der Waals surface area (Å²) in [5, 5.41) is 5.80. The smallest absolute Gasteiger partial charge is 0.255 e. The highest BCUT2D eigenvalue weighted by molar-refractivity contribution is 6.09. The monoisotopic (exact) mass is 400 g/mol. The van der Waals surface area contributed by atoms with E-state index in [1.165, 1.54) is 0 Å². The van der Waals surface area contributed by atoms with E-state index in [9.17, 15) is 9.59 Å². The summed E-state index contributed by atoms with van der Waals surface area (Å²) in [6.07, 6.45) is 1.65. The van der Waals surface area contributed by atoms with E-state index in [0.717, 1.165) is 5.56 Å². The fourth-order valence-electron chi connectivity index (χ4n) is 2.94. The van der Waals surface area contributed by atoms with Gasteiger partial charge in [-0.15, -0.1) is 0 Å². The molecule has 0 spiro atoms. The lowest BCUT2D eigenvalue weighted by Crippen LogP contribution is -2.28. The fraction of sp³-hybridized carbons (Fsp3) is 0.120. The maximum atomic E-state index is 12.8. The quantitative estimate of drug-likeness (QED) is 0.523. The molecular formula is C25H24N2O3. The van der Waals surface area contributed by atoms with Gasteiger partial charge in [0.1, 0.15) is 12.4 Å². The lowest BCUT2D eigenvalue weighted by Gasteiger charge is -2.16. The van der Waals surface area contributed by atoms with Crippen molar-refractivity contribution < 1.29 is 14.3 Å². The van der Waals surface area contributed by atoms with Gasteiger partial charge in [0.2, 0.25) is 0 Å². The lowest BCUT2D eigenvalue weighted by molar-refractivity contribution is 0.0941. The van der Waals surface area contributed by atoms with Crippen LogP contribution in [0, 0.1) is 0 Å². The molecular weight excluding hydrogens is 376 g/mol. The van der Waals surface area contributed by atoms with Gasteiger partial charge in [0.25, 0.3) is 11.8 Å². The Bertz CT molecular complexity index is 1010. The zero-order valence-electron chi connectivity index (χ0n) is 16.8. The summed E-state index contributed by atoms with van der Waals surface area (Å²) in [5.74, 6) is 0.0955. The molecule has 3 rings (SSSR count). The van der Waals surface area contributed by atoms with Crippen molar-refractivity contribution in [3.05, 3.63) is 108 Å². The Kier molecular flexibility index (Phi) is 7.00. The number of carbonyl (C=O) groups excluding carboxylic acids is 2. The molecule has 0 unspecified atom stereocenters. The average Bonchev–Trinajstić information content (AvgIpc) is 2.78. The molecule has 0 aromatic heterocycles. The first kappa shape index (κ1) is 20.9. The van der Waals surface area contributed by atoms with E-state index in [1.54, 1.807) is 54.6 Å². The Labute approximate surface area is 176 Å². The molecule has 0 heterocycles. The number of nitrogens with one attached hydrogen (secondary N) is 2. The van der Waals surface area contributed by atoms with Gasteiger partial charge in [-0.2, -0.15) is 0 Å². The first-order valence-electron chi connectivity index (χ1n) is 9.68. The van der Waals surface area contributed by atoms with Gasteiger partial charge in [0.15, 0.2) is 0 Å². The molecule has 0 aliphatic rings. The summed E-state index contributed by atoms with van der Waals surface area (Å²) in [6.45, 7) is 5.92. The predicted molar refractivity (Wildman–Crippen MR) is 119 cm³/mol. The van der Waals surface area contributed by atoms with Crippen molar-refractivity contribution >= 4 is 17.5 Å². The molecule has 0 aliphatic carbocycles. The molecule has 5 nitrogen and oxygen atoms in total. The highest BCUT2D eigenvalue weighted by Gasteiger charge is 2.16. The van der Waals surface area contributed by atoms with Crippen molar-refractivity contribution in [3.8, 4) is 5.75 Å². The number of ether oxygens (including phenoxy) is 1. The van der Waals surface area contributed by atoms with Crippen molar-refractivity contribution in [1.29, 1.82) is 0 Å². The highest BCUT2D eigenvalue weighted by atomic mass is 16.5. The number of rotatable bonds is 8. The lowest BCUT2D eigenvalue weighted by atomic mass is 10.1. The van der Waals surface area contributed by atoms with Crippen LogP contribution in [0.4, 0.5) is 5.69 Å². The summed E-state index contributed by atoms with van der Waals surface area (Å²) in [7, 11) is 0. The standard InChI is InChI=1S/C25H24N2O3/c1-3-17-30-21-15-13-20(14-16-21)24(28)27-23-12-8-7-11-22(23)25(29)26-18(2)19-9-5-4-6-10-19/h3-16,18H,1,17H2,2H3,(H,26,29)(H,27,28)/t18-/m0/s1. The maximum Gasteiger partial charge on any atom is 0.255 e. The van der Waals surface area contributed by atoms with Crippen LogP contribution in [0.2, 0.25) is 0 Å². The first-order valence-corrected chi connectivity index (χ1v) is 9.68. The van der Waals surface area contributed by atoms with E-state index >= 15 is 0 Å². The SMILES string of the molecule is C=CCOc1ccc(C(=O)Nc2ccccc2C(=O)N[C@@H](C)c2ccccc2)cc1. The minimum atomic E-state index is -0.304. The zero-order chi connectivity index (χ0) is 21.3. The molecule has 152 valence electrons. The summed E-state index contributed by atoms with van der Waals surface area (Å²) >= 11 is 0. The molecule has 5 heteroatoms. The second-order valence-electron chi connectivity index (χ2n) is 6.73. The first-order chi connectivity index (χ1) is 14.6. The molecule has 0 fully saturated rings. The topological polar surface area (TPSA) is 67.4 Å². The average molecular weight is 400 g/mol. The summed E-state index contributed by atoms with van der Waals surface area (Å²) in [5.41, 5.74) is 2.33.